The Morgan fingerprint density at radius 1 is 0.857 bits per heavy atom. The molecule has 1 unspecified atom stereocenters. The van der Waals surface area contributed by atoms with E-state index in [1.165, 1.54) is 37.5 Å². The first-order valence-electron chi connectivity index (χ1n) is 7.20. The number of allylic oxidation sites excluding steroid dienone is 1. The van der Waals surface area contributed by atoms with E-state index in [0.717, 1.165) is 0 Å². The molecule has 0 amide bonds. The van der Waals surface area contributed by atoms with E-state index in [9.17, 15) is 0 Å². The number of hydrogen-bond acceptors (Lipinski definition) is 0. The molecule has 21 heavy (non-hydrogen) atoms. The predicted molar refractivity (Wildman–Crippen MR) is 93.7 cm³/mol. The van der Waals surface area contributed by atoms with Crippen LogP contribution in [0.25, 0.3) is 16.8 Å². The molecule has 102 valence electrons. The molecule has 0 aliphatic heterocycles. The Hall–Kier alpha value is -1.86. The van der Waals surface area contributed by atoms with Gasteiger partial charge in [-0.1, -0.05) is 76.6 Å². The van der Waals surface area contributed by atoms with Gasteiger partial charge in [0.2, 0.25) is 0 Å². The van der Waals surface area contributed by atoms with Gasteiger partial charge in [-0.2, -0.15) is 0 Å². The molecule has 0 heterocycles. The highest BCUT2D eigenvalue weighted by atomic mass is 79.9. The fourth-order valence-corrected chi connectivity index (χ4v) is 3.86. The molecular formula is C20H15Br. The van der Waals surface area contributed by atoms with Gasteiger partial charge in [0.1, 0.15) is 0 Å². The summed E-state index contributed by atoms with van der Waals surface area (Å²) in [5.74, 6) is 0.363. The average Bonchev–Trinajstić information content (AvgIpc) is 2.93. The van der Waals surface area contributed by atoms with Crippen molar-refractivity contribution in [2.75, 3.05) is 0 Å². The number of benzene rings is 3. The quantitative estimate of drug-likeness (QED) is 0.506. The molecule has 0 fully saturated rings. The lowest BCUT2D eigenvalue weighted by molar-refractivity contribution is 1.03. The topological polar surface area (TPSA) is 0 Å². The fourth-order valence-electron chi connectivity index (χ4n) is 3.35. The smallest absolute Gasteiger partial charge is 0.0282 e. The summed E-state index contributed by atoms with van der Waals surface area (Å²) in [5, 5.41) is 2.67. The van der Waals surface area contributed by atoms with Gasteiger partial charge in [-0.15, -0.1) is 0 Å². The summed E-state index contributed by atoms with van der Waals surface area (Å²) < 4.78 is 1.18. The van der Waals surface area contributed by atoms with Crippen molar-refractivity contribution in [1.82, 2.24) is 0 Å². The van der Waals surface area contributed by atoms with Crippen LogP contribution in [-0.4, -0.2) is 0 Å². The van der Waals surface area contributed by atoms with Crippen LogP contribution in [0.4, 0.5) is 0 Å². The maximum atomic E-state index is 3.65. The van der Waals surface area contributed by atoms with Crippen molar-refractivity contribution < 1.29 is 0 Å². The Kier molecular flexibility index (Phi) is 2.97. The van der Waals surface area contributed by atoms with Gasteiger partial charge in [-0.25, -0.2) is 0 Å². The summed E-state index contributed by atoms with van der Waals surface area (Å²) >= 11 is 3.65. The van der Waals surface area contributed by atoms with Crippen LogP contribution in [-0.2, 0) is 0 Å². The first-order chi connectivity index (χ1) is 10.3. The Labute approximate surface area is 133 Å². The van der Waals surface area contributed by atoms with Crippen LogP contribution in [0.5, 0.6) is 0 Å². The van der Waals surface area contributed by atoms with Crippen molar-refractivity contribution >= 4 is 32.8 Å². The molecule has 1 atom stereocenters. The van der Waals surface area contributed by atoms with Crippen LogP contribution in [0.1, 0.15) is 28.2 Å². The van der Waals surface area contributed by atoms with Crippen LogP contribution in [0, 0.1) is 6.92 Å². The van der Waals surface area contributed by atoms with E-state index in [1.54, 1.807) is 0 Å². The van der Waals surface area contributed by atoms with Crippen LogP contribution in [0.3, 0.4) is 0 Å². The molecule has 4 rings (SSSR count). The van der Waals surface area contributed by atoms with Crippen molar-refractivity contribution in [2.24, 2.45) is 0 Å². The van der Waals surface area contributed by atoms with Gasteiger partial charge in [0.15, 0.2) is 0 Å². The minimum absolute atomic E-state index is 0.363. The van der Waals surface area contributed by atoms with Crippen LogP contribution in [0.2, 0.25) is 0 Å². The van der Waals surface area contributed by atoms with Crippen LogP contribution in [0.15, 0.2) is 65.1 Å². The monoisotopic (exact) mass is 334 g/mol. The molecule has 0 aromatic heterocycles. The van der Waals surface area contributed by atoms with E-state index >= 15 is 0 Å². The second-order valence-electron chi connectivity index (χ2n) is 5.58. The molecule has 1 aliphatic rings. The van der Waals surface area contributed by atoms with Crippen molar-refractivity contribution in [3.8, 4) is 0 Å². The van der Waals surface area contributed by atoms with Crippen molar-refractivity contribution in [3.63, 3.8) is 0 Å². The third-order valence-electron chi connectivity index (χ3n) is 4.45. The van der Waals surface area contributed by atoms with Crippen LogP contribution < -0.4 is 0 Å². The fraction of sp³-hybridized carbons (Fsp3) is 0.100. The highest BCUT2D eigenvalue weighted by molar-refractivity contribution is 9.10. The maximum Gasteiger partial charge on any atom is 0.0282 e. The van der Waals surface area contributed by atoms with Gasteiger partial charge in [0.05, 0.1) is 0 Å². The number of halogens is 1. The number of hydrogen-bond donors (Lipinski definition) is 0. The highest BCUT2D eigenvalue weighted by Crippen LogP contribution is 2.40. The van der Waals surface area contributed by atoms with Gasteiger partial charge in [-0.05, 0) is 46.0 Å². The van der Waals surface area contributed by atoms with Crippen molar-refractivity contribution in [1.29, 1.82) is 0 Å². The van der Waals surface area contributed by atoms with Gasteiger partial charge in [0, 0.05) is 10.4 Å². The molecule has 0 bridgehead atoms. The number of rotatable bonds is 1. The normalized spacial score (nSPS) is 16.4. The number of fused-ring (bicyclic) bond motifs is 2. The molecule has 1 aliphatic carbocycles. The predicted octanol–water partition coefficient (Wildman–Crippen LogP) is 6.07. The molecule has 0 saturated carbocycles. The van der Waals surface area contributed by atoms with Crippen LogP contribution >= 0.6 is 15.9 Å². The van der Waals surface area contributed by atoms with E-state index in [1.807, 2.05) is 0 Å². The van der Waals surface area contributed by atoms with Gasteiger partial charge < -0.3 is 0 Å². The SMILES string of the molecule is Cc1c(C2C=Cc3c(Br)cccc32)ccc2ccccc12. The van der Waals surface area contributed by atoms with Crippen molar-refractivity contribution in [3.05, 3.63) is 87.4 Å². The molecule has 0 nitrogen and oxygen atoms in total. The summed E-state index contributed by atoms with van der Waals surface area (Å²) in [6.07, 6.45) is 4.55. The molecule has 3 aromatic carbocycles. The van der Waals surface area contributed by atoms with Crippen molar-refractivity contribution in [2.45, 2.75) is 12.8 Å². The standard InChI is InChI=1S/C20H15Br/c1-13-15-6-3-2-5-14(15)9-10-16(13)18-11-12-19-17(18)7-4-8-20(19)21/h2-12,18H,1H3. The lowest BCUT2D eigenvalue weighted by Gasteiger charge is -2.16. The Morgan fingerprint density at radius 3 is 2.62 bits per heavy atom. The molecule has 0 radical (unpaired) electrons. The second kappa shape index (κ2) is 4.85. The molecule has 0 N–H and O–H groups in total. The largest absolute Gasteiger partial charge is 0.0720 e. The first kappa shape index (κ1) is 12.8. The molecule has 0 saturated heterocycles. The Balaban J connectivity index is 1.92. The Morgan fingerprint density at radius 2 is 1.71 bits per heavy atom. The highest BCUT2D eigenvalue weighted by Gasteiger charge is 2.22. The van der Waals surface area contributed by atoms with E-state index in [0.29, 0.717) is 5.92 Å². The lowest BCUT2D eigenvalue weighted by Crippen LogP contribution is -1.99. The summed E-state index contributed by atoms with van der Waals surface area (Å²) in [6, 6.07) is 19.6. The summed E-state index contributed by atoms with van der Waals surface area (Å²) in [6.45, 7) is 2.24. The maximum absolute atomic E-state index is 3.65. The third-order valence-corrected chi connectivity index (χ3v) is 5.14. The zero-order valence-electron chi connectivity index (χ0n) is 11.8. The van der Waals surface area contributed by atoms with E-state index < -0.39 is 0 Å². The second-order valence-corrected chi connectivity index (χ2v) is 6.43. The lowest BCUT2D eigenvalue weighted by atomic mass is 9.88. The summed E-state index contributed by atoms with van der Waals surface area (Å²) in [7, 11) is 0. The number of aryl methyl sites for hydroxylation is 1. The van der Waals surface area contributed by atoms with E-state index in [2.05, 4.69) is 89.6 Å². The van der Waals surface area contributed by atoms with Gasteiger partial charge in [0.25, 0.3) is 0 Å². The zero-order valence-corrected chi connectivity index (χ0v) is 13.4. The Bertz CT molecular complexity index is 874. The first-order valence-corrected chi connectivity index (χ1v) is 8.00. The van der Waals surface area contributed by atoms with Gasteiger partial charge >= 0.3 is 0 Å². The average molecular weight is 335 g/mol. The van der Waals surface area contributed by atoms with Gasteiger partial charge in [-0.3, -0.25) is 0 Å². The zero-order chi connectivity index (χ0) is 14.4. The van der Waals surface area contributed by atoms with E-state index in [4.69, 9.17) is 0 Å². The molecule has 3 aromatic rings. The third kappa shape index (κ3) is 1.96. The minimum atomic E-state index is 0.363. The minimum Gasteiger partial charge on any atom is -0.0720 e. The summed E-state index contributed by atoms with van der Waals surface area (Å²) in [4.78, 5) is 0. The van der Waals surface area contributed by atoms with E-state index in [-0.39, 0.29) is 0 Å². The summed E-state index contributed by atoms with van der Waals surface area (Å²) in [5.41, 5.74) is 5.50. The molecule has 0 spiro atoms. The molecular weight excluding hydrogens is 320 g/mol. The molecule has 1 heteroatoms.